The molecule has 0 amide bonds. The van der Waals surface area contributed by atoms with E-state index in [9.17, 15) is 0 Å². The predicted octanol–water partition coefficient (Wildman–Crippen LogP) is 3.00. The normalized spacial score (nSPS) is 26.2. The molecule has 0 spiro atoms. The fourth-order valence-corrected chi connectivity index (χ4v) is 3.77. The molecule has 1 N–H and O–H groups in total. The Morgan fingerprint density at radius 2 is 2.21 bits per heavy atom. The second-order valence-corrected chi connectivity index (χ2v) is 6.65. The molecule has 0 aliphatic carbocycles. The Bertz CT molecular complexity index is 458. The van der Waals surface area contributed by atoms with Gasteiger partial charge in [-0.05, 0) is 55.3 Å². The first-order valence-corrected chi connectivity index (χ1v) is 7.69. The van der Waals surface area contributed by atoms with Crippen molar-refractivity contribution in [1.82, 2.24) is 5.32 Å². The summed E-state index contributed by atoms with van der Waals surface area (Å²) >= 11 is 0. The Morgan fingerprint density at radius 3 is 2.89 bits per heavy atom. The van der Waals surface area contributed by atoms with Gasteiger partial charge < -0.3 is 10.2 Å². The predicted molar refractivity (Wildman–Crippen MR) is 81.9 cm³/mol. The topological polar surface area (TPSA) is 15.3 Å². The summed E-state index contributed by atoms with van der Waals surface area (Å²) in [6, 6.07) is 7.11. The van der Waals surface area contributed by atoms with Crippen LogP contribution in [0.1, 0.15) is 37.8 Å². The third-order valence-electron chi connectivity index (χ3n) is 5.17. The molecular formula is C17H26N2. The molecule has 1 fully saturated rings. The van der Waals surface area contributed by atoms with Crippen LogP contribution >= 0.6 is 0 Å². The lowest BCUT2D eigenvalue weighted by Gasteiger charge is -2.34. The van der Waals surface area contributed by atoms with Crippen LogP contribution in [0.25, 0.3) is 0 Å². The van der Waals surface area contributed by atoms with Gasteiger partial charge in [0.25, 0.3) is 0 Å². The first-order chi connectivity index (χ1) is 9.11. The van der Waals surface area contributed by atoms with Crippen LogP contribution in [-0.4, -0.2) is 25.7 Å². The van der Waals surface area contributed by atoms with Crippen molar-refractivity contribution in [2.75, 3.05) is 25.0 Å². The molecule has 0 bridgehead atoms. The summed E-state index contributed by atoms with van der Waals surface area (Å²) in [5.41, 5.74) is 4.81. The van der Waals surface area contributed by atoms with Crippen LogP contribution in [-0.2, 0) is 12.8 Å². The van der Waals surface area contributed by atoms with Crippen molar-refractivity contribution in [1.29, 1.82) is 0 Å². The molecule has 2 aliphatic rings. The maximum absolute atomic E-state index is 3.78. The molecule has 0 radical (unpaired) electrons. The Kier molecular flexibility index (Phi) is 3.30. The molecule has 19 heavy (non-hydrogen) atoms. The molecular weight excluding hydrogens is 232 g/mol. The highest BCUT2D eigenvalue weighted by Crippen LogP contribution is 2.34. The number of nitrogens with zero attached hydrogens (tertiary/aromatic N) is 1. The third-order valence-corrected chi connectivity index (χ3v) is 5.17. The monoisotopic (exact) mass is 258 g/mol. The number of benzene rings is 1. The van der Waals surface area contributed by atoms with Crippen molar-refractivity contribution in [2.45, 2.75) is 45.1 Å². The van der Waals surface area contributed by atoms with Gasteiger partial charge in [0.2, 0.25) is 0 Å². The largest absolute Gasteiger partial charge is 0.374 e. The summed E-state index contributed by atoms with van der Waals surface area (Å²) in [5, 5.41) is 3.78. The van der Waals surface area contributed by atoms with Gasteiger partial charge in [-0.15, -0.1) is 0 Å². The summed E-state index contributed by atoms with van der Waals surface area (Å²) in [6.07, 6.45) is 5.04. The van der Waals surface area contributed by atoms with E-state index in [1.807, 2.05) is 0 Å². The highest BCUT2D eigenvalue weighted by atomic mass is 15.1. The summed E-state index contributed by atoms with van der Waals surface area (Å²) < 4.78 is 0. The summed E-state index contributed by atoms with van der Waals surface area (Å²) in [5.74, 6) is 0.700. The van der Waals surface area contributed by atoms with E-state index in [0.717, 1.165) is 0 Å². The SMILES string of the molecule is CC(C)C1(Cc2ccc3c(c2)CCN3C)CCCN1. The second kappa shape index (κ2) is 4.82. The minimum absolute atomic E-state index is 0.332. The molecule has 2 heteroatoms. The quantitative estimate of drug-likeness (QED) is 0.896. The van der Waals surface area contributed by atoms with Gasteiger partial charge in [-0.25, -0.2) is 0 Å². The fraction of sp³-hybridized carbons (Fsp3) is 0.647. The third kappa shape index (κ3) is 2.27. The molecule has 1 aromatic carbocycles. The number of hydrogen-bond donors (Lipinski definition) is 1. The lowest BCUT2D eigenvalue weighted by molar-refractivity contribution is 0.269. The summed E-state index contributed by atoms with van der Waals surface area (Å²) in [4.78, 5) is 2.37. The number of nitrogens with one attached hydrogen (secondary N) is 1. The van der Waals surface area contributed by atoms with E-state index in [-0.39, 0.29) is 0 Å². The van der Waals surface area contributed by atoms with E-state index in [4.69, 9.17) is 0 Å². The van der Waals surface area contributed by atoms with Crippen molar-refractivity contribution in [3.05, 3.63) is 29.3 Å². The summed E-state index contributed by atoms with van der Waals surface area (Å²) in [7, 11) is 2.19. The van der Waals surface area contributed by atoms with E-state index in [1.165, 1.54) is 55.6 Å². The zero-order chi connectivity index (χ0) is 13.5. The van der Waals surface area contributed by atoms with Crippen molar-refractivity contribution in [2.24, 2.45) is 5.92 Å². The number of fused-ring (bicyclic) bond motifs is 1. The minimum atomic E-state index is 0.332. The Labute approximate surface area is 117 Å². The Balaban J connectivity index is 1.83. The van der Waals surface area contributed by atoms with Crippen molar-refractivity contribution >= 4 is 5.69 Å². The minimum Gasteiger partial charge on any atom is -0.374 e. The zero-order valence-corrected chi connectivity index (χ0v) is 12.5. The maximum atomic E-state index is 3.78. The highest BCUT2D eigenvalue weighted by Gasteiger charge is 2.36. The molecule has 104 valence electrons. The van der Waals surface area contributed by atoms with Crippen molar-refractivity contribution in [3.8, 4) is 0 Å². The second-order valence-electron chi connectivity index (χ2n) is 6.65. The Morgan fingerprint density at radius 1 is 1.37 bits per heavy atom. The molecule has 3 rings (SSSR count). The Hall–Kier alpha value is -1.02. The van der Waals surface area contributed by atoms with Gasteiger partial charge in [0, 0.05) is 24.8 Å². The lowest BCUT2D eigenvalue weighted by Crippen LogP contribution is -2.46. The van der Waals surface area contributed by atoms with Gasteiger partial charge in [0.15, 0.2) is 0 Å². The van der Waals surface area contributed by atoms with Crippen molar-refractivity contribution < 1.29 is 0 Å². The molecule has 2 aliphatic heterocycles. The lowest BCUT2D eigenvalue weighted by atomic mass is 9.79. The smallest absolute Gasteiger partial charge is 0.0397 e. The maximum Gasteiger partial charge on any atom is 0.0397 e. The first kappa shape index (κ1) is 13.0. The van der Waals surface area contributed by atoms with Crippen LogP contribution in [0.5, 0.6) is 0 Å². The van der Waals surface area contributed by atoms with Crippen LogP contribution < -0.4 is 10.2 Å². The molecule has 2 nitrogen and oxygen atoms in total. The average Bonchev–Trinajstić information content (AvgIpc) is 2.98. The van der Waals surface area contributed by atoms with E-state index < -0.39 is 0 Å². The van der Waals surface area contributed by atoms with Gasteiger partial charge in [0.1, 0.15) is 0 Å². The van der Waals surface area contributed by atoms with Crippen LogP contribution in [0.2, 0.25) is 0 Å². The molecule has 1 saturated heterocycles. The van der Waals surface area contributed by atoms with E-state index >= 15 is 0 Å². The molecule has 0 aromatic heterocycles. The highest BCUT2D eigenvalue weighted by molar-refractivity contribution is 5.58. The van der Waals surface area contributed by atoms with E-state index in [2.05, 4.69) is 49.3 Å². The van der Waals surface area contributed by atoms with Gasteiger partial charge in [-0.1, -0.05) is 26.0 Å². The van der Waals surface area contributed by atoms with Gasteiger partial charge in [0.05, 0.1) is 0 Å². The summed E-state index contributed by atoms with van der Waals surface area (Å²) in [6.45, 7) is 7.08. The molecule has 1 atom stereocenters. The molecule has 1 aromatic rings. The van der Waals surface area contributed by atoms with Crippen LogP contribution in [0.4, 0.5) is 5.69 Å². The van der Waals surface area contributed by atoms with Crippen LogP contribution in [0.15, 0.2) is 18.2 Å². The number of anilines is 1. The van der Waals surface area contributed by atoms with Crippen LogP contribution in [0.3, 0.4) is 0 Å². The molecule has 0 saturated carbocycles. The van der Waals surface area contributed by atoms with Gasteiger partial charge in [-0.2, -0.15) is 0 Å². The molecule has 2 heterocycles. The molecule has 1 unspecified atom stereocenters. The van der Waals surface area contributed by atoms with E-state index in [1.54, 1.807) is 0 Å². The van der Waals surface area contributed by atoms with Gasteiger partial charge in [-0.3, -0.25) is 0 Å². The standard InChI is InChI=1S/C17H26N2/c1-13(2)17(8-4-9-18-17)12-14-5-6-16-15(11-14)7-10-19(16)3/h5-6,11,13,18H,4,7-10,12H2,1-3H3. The van der Waals surface area contributed by atoms with E-state index in [0.29, 0.717) is 11.5 Å². The van der Waals surface area contributed by atoms with Gasteiger partial charge >= 0.3 is 0 Å². The number of rotatable bonds is 3. The zero-order valence-electron chi connectivity index (χ0n) is 12.5. The number of likely N-dealkylation sites (N-methyl/N-ethyl adjacent to an activating group) is 1. The first-order valence-electron chi connectivity index (χ1n) is 7.69. The number of hydrogen-bond acceptors (Lipinski definition) is 2. The van der Waals surface area contributed by atoms with Crippen molar-refractivity contribution in [3.63, 3.8) is 0 Å². The average molecular weight is 258 g/mol. The van der Waals surface area contributed by atoms with Crippen LogP contribution in [0, 0.1) is 5.92 Å². The fourth-order valence-electron chi connectivity index (χ4n) is 3.77.